The lowest BCUT2D eigenvalue weighted by molar-refractivity contribution is 0.0706. The number of halogens is 2. The fraction of sp³-hybridized carbons (Fsp3) is 0.281. The minimum Gasteiger partial charge on any atom is -0.490 e. The Bertz CT molecular complexity index is 1690. The predicted molar refractivity (Wildman–Crippen MR) is 164 cm³/mol. The summed E-state index contributed by atoms with van der Waals surface area (Å²) in [5.74, 6) is 0.783. The van der Waals surface area contributed by atoms with E-state index in [4.69, 9.17) is 16.3 Å². The van der Waals surface area contributed by atoms with Gasteiger partial charge in [0.25, 0.3) is 11.8 Å². The molecule has 0 bridgehead atoms. The Morgan fingerprint density at radius 3 is 2.45 bits per heavy atom. The molecule has 1 saturated carbocycles. The van der Waals surface area contributed by atoms with E-state index in [0.29, 0.717) is 45.4 Å². The highest BCUT2D eigenvalue weighted by Gasteiger charge is 2.32. The monoisotopic (exact) mass is 648 g/mol. The van der Waals surface area contributed by atoms with Gasteiger partial charge >= 0.3 is 5.69 Å². The van der Waals surface area contributed by atoms with E-state index >= 15 is 0 Å². The van der Waals surface area contributed by atoms with Crippen molar-refractivity contribution in [3.63, 3.8) is 0 Å². The lowest BCUT2D eigenvalue weighted by Gasteiger charge is -2.32. The van der Waals surface area contributed by atoms with Gasteiger partial charge < -0.3 is 15.0 Å². The molecule has 6 rings (SSSR count). The zero-order valence-corrected chi connectivity index (χ0v) is 25.4. The summed E-state index contributed by atoms with van der Waals surface area (Å²) in [5.41, 5.74) is 2.29. The van der Waals surface area contributed by atoms with Gasteiger partial charge in [-0.25, -0.2) is 4.79 Å². The van der Waals surface area contributed by atoms with Crippen LogP contribution in [-0.2, 0) is 19.6 Å². The molecule has 1 aromatic heterocycles. The van der Waals surface area contributed by atoms with Crippen molar-refractivity contribution in [2.24, 2.45) is 5.92 Å². The molecule has 0 radical (unpaired) electrons. The number of imidazole rings is 1. The number of nitrogens with zero attached hydrogens (tertiary/aromatic N) is 3. The summed E-state index contributed by atoms with van der Waals surface area (Å²) in [6, 6.07) is 21.9. The second-order valence-electron chi connectivity index (χ2n) is 10.9. The molecule has 1 aliphatic carbocycles. The molecule has 2 aliphatic rings. The summed E-state index contributed by atoms with van der Waals surface area (Å²) in [6.07, 6.45) is 2.26. The fourth-order valence-corrected chi connectivity index (χ4v) is 6.00. The van der Waals surface area contributed by atoms with Gasteiger partial charge in [0.2, 0.25) is 0 Å². The summed E-state index contributed by atoms with van der Waals surface area (Å²) in [6.45, 7) is 3.19. The van der Waals surface area contributed by atoms with Crippen LogP contribution in [-0.4, -0.2) is 38.5 Å². The Hall–Kier alpha value is -3.82. The highest BCUT2D eigenvalue weighted by atomic mass is 79.9. The molecule has 0 atom stereocenters. The molecule has 1 aliphatic heterocycles. The zero-order chi connectivity index (χ0) is 29.4. The molecule has 2 heterocycles. The summed E-state index contributed by atoms with van der Waals surface area (Å²) < 4.78 is 9.79. The van der Waals surface area contributed by atoms with E-state index in [1.165, 1.54) is 4.57 Å². The molecule has 2 amide bonds. The van der Waals surface area contributed by atoms with E-state index in [2.05, 4.69) is 28.2 Å². The van der Waals surface area contributed by atoms with Crippen molar-refractivity contribution in [3.05, 3.63) is 115 Å². The van der Waals surface area contributed by atoms with Gasteiger partial charge in [-0.05, 0) is 82.7 Å². The first-order chi connectivity index (χ1) is 20.3. The summed E-state index contributed by atoms with van der Waals surface area (Å²) in [4.78, 5) is 42.7. The molecule has 4 aromatic rings. The van der Waals surface area contributed by atoms with Gasteiger partial charge in [0.05, 0.1) is 29.1 Å². The Kier molecular flexibility index (Phi) is 7.96. The molecule has 216 valence electrons. The van der Waals surface area contributed by atoms with E-state index in [9.17, 15) is 14.4 Å². The second-order valence-corrected chi connectivity index (χ2v) is 12.2. The van der Waals surface area contributed by atoms with Crippen molar-refractivity contribution in [1.82, 2.24) is 19.4 Å². The maximum Gasteiger partial charge on any atom is 0.333 e. The number of amides is 2. The van der Waals surface area contributed by atoms with E-state index in [1.54, 1.807) is 39.8 Å². The Balaban J connectivity index is 1.33. The Labute approximate surface area is 257 Å². The lowest BCUT2D eigenvalue weighted by Crippen LogP contribution is -2.41. The van der Waals surface area contributed by atoms with Gasteiger partial charge in [-0.15, -0.1) is 0 Å². The molecule has 0 spiro atoms. The van der Waals surface area contributed by atoms with E-state index in [-0.39, 0.29) is 36.5 Å². The van der Waals surface area contributed by atoms with Crippen molar-refractivity contribution in [3.8, 4) is 11.4 Å². The van der Waals surface area contributed by atoms with Crippen LogP contribution >= 0.6 is 27.5 Å². The number of rotatable bonds is 7. The minimum absolute atomic E-state index is 0.101. The summed E-state index contributed by atoms with van der Waals surface area (Å²) in [5, 5.41) is 3.40. The number of carbonyl (C=O) groups is 2. The molecule has 0 saturated heterocycles. The van der Waals surface area contributed by atoms with Crippen LogP contribution in [0, 0.1) is 5.92 Å². The molecule has 1 fully saturated rings. The number of aromatic nitrogens is 2. The Morgan fingerprint density at radius 1 is 1.02 bits per heavy atom. The SMILES string of the molecule is CC1CC(Oc2ccc(-n3c(C(=O)NCc4ccccc4)c4n(c3=O)CCN(C(=O)c3ccc(Br)c(Cl)c3)C4)cc2)C1. The van der Waals surface area contributed by atoms with Gasteiger partial charge in [0.15, 0.2) is 0 Å². The average molecular weight is 650 g/mol. The van der Waals surface area contributed by atoms with Crippen molar-refractivity contribution >= 4 is 39.3 Å². The van der Waals surface area contributed by atoms with Gasteiger partial charge in [0.1, 0.15) is 11.4 Å². The normalized spacial score (nSPS) is 17.7. The standard InChI is InChI=1S/C32H30BrClN4O4/c1-20-15-25(16-20)42-24-10-8-23(9-11-24)38-29(30(39)35-18-21-5-3-2-4-6-21)28-19-36(13-14-37(28)32(38)41)31(40)22-7-12-26(33)27(34)17-22/h2-12,17,20,25H,13-16,18-19H2,1H3,(H,35,39). The summed E-state index contributed by atoms with van der Waals surface area (Å²) >= 11 is 9.61. The van der Waals surface area contributed by atoms with Crippen LogP contribution in [0.25, 0.3) is 5.69 Å². The van der Waals surface area contributed by atoms with E-state index in [1.807, 2.05) is 42.5 Å². The number of nitrogens with one attached hydrogen (secondary N) is 1. The maximum atomic E-state index is 13.8. The number of hydrogen-bond acceptors (Lipinski definition) is 4. The van der Waals surface area contributed by atoms with Crippen LogP contribution in [0.2, 0.25) is 5.02 Å². The minimum atomic E-state index is -0.394. The van der Waals surface area contributed by atoms with Crippen LogP contribution in [0.1, 0.15) is 51.9 Å². The van der Waals surface area contributed by atoms with Crippen LogP contribution in [0.3, 0.4) is 0 Å². The topological polar surface area (TPSA) is 85.6 Å². The highest BCUT2D eigenvalue weighted by molar-refractivity contribution is 9.10. The van der Waals surface area contributed by atoms with Crippen LogP contribution in [0.4, 0.5) is 0 Å². The first kappa shape index (κ1) is 28.3. The molecule has 3 aromatic carbocycles. The van der Waals surface area contributed by atoms with Crippen molar-refractivity contribution in [1.29, 1.82) is 0 Å². The summed E-state index contributed by atoms with van der Waals surface area (Å²) in [7, 11) is 0. The Morgan fingerprint density at radius 2 is 1.76 bits per heavy atom. The quantitative estimate of drug-likeness (QED) is 0.274. The number of benzene rings is 3. The maximum absolute atomic E-state index is 13.8. The predicted octanol–water partition coefficient (Wildman–Crippen LogP) is 5.82. The smallest absolute Gasteiger partial charge is 0.333 e. The number of hydrogen-bond donors (Lipinski definition) is 1. The van der Waals surface area contributed by atoms with E-state index < -0.39 is 5.91 Å². The molecular formula is C32H30BrClN4O4. The van der Waals surface area contributed by atoms with Crippen molar-refractivity contribution in [2.75, 3.05) is 6.54 Å². The number of carbonyl (C=O) groups excluding carboxylic acids is 2. The third kappa shape index (κ3) is 5.63. The van der Waals surface area contributed by atoms with Crippen LogP contribution < -0.4 is 15.7 Å². The fourth-order valence-electron chi connectivity index (χ4n) is 5.57. The van der Waals surface area contributed by atoms with Crippen molar-refractivity contribution in [2.45, 2.75) is 45.5 Å². The third-order valence-electron chi connectivity index (χ3n) is 7.87. The van der Waals surface area contributed by atoms with E-state index in [0.717, 1.165) is 24.2 Å². The van der Waals surface area contributed by atoms with Crippen molar-refractivity contribution < 1.29 is 14.3 Å². The molecular weight excluding hydrogens is 620 g/mol. The zero-order valence-electron chi connectivity index (χ0n) is 23.1. The van der Waals surface area contributed by atoms with Crippen LogP contribution in [0.15, 0.2) is 82.1 Å². The lowest BCUT2D eigenvalue weighted by atomic mass is 9.84. The van der Waals surface area contributed by atoms with Gasteiger partial charge in [-0.1, -0.05) is 48.9 Å². The van der Waals surface area contributed by atoms with Gasteiger partial charge in [-0.2, -0.15) is 0 Å². The molecule has 8 nitrogen and oxygen atoms in total. The average Bonchev–Trinajstić information content (AvgIpc) is 3.28. The van der Waals surface area contributed by atoms with Gasteiger partial charge in [-0.3, -0.25) is 18.7 Å². The highest BCUT2D eigenvalue weighted by Crippen LogP contribution is 2.31. The molecule has 1 N–H and O–H groups in total. The molecule has 42 heavy (non-hydrogen) atoms. The largest absolute Gasteiger partial charge is 0.490 e. The first-order valence-electron chi connectivity index (χ1n) is 14.0. The third-order valence-corrected chi connectivity index (χ3v) is 9.10. The number of fused-ring (bicyclic) bond motifs is 1. The molecule has 10 heteroatoms. The second kappa shape index (κ2) is 11.8. The molecule has 0 unspecified atom stereocenters. The van der Waals surface area contributed by atoms with Crippen LogP contribution in [0.5, 0.6) is 5.75 Å². The van der Waals surface area contributed by atoms with Gasteiger partial charge in [0, 0.05) is 29.7 Å². The first-order valence-corrected chi connectivity index (χ1v) is 15.1. The number of ether oxygens (including phenoxy) is 1.